The van der Waals surface area contributed by atoms with Crippen LogP contribution in [-0.2, 0) is 0 Å². The minimum atomic E-state index is -0.158. The Morgan fingerprint density at radius 2 is 1.57 bits per heavy atom. The largest absolute Gasteiger partial charge is 0.465 e. The molecule has 0 radical (unpaired) electrons. The Bertz CT molecular complexity index is 726. The molecular formula is C17H16N2O2. The molecule has 2 aliphatic rings. The molecule has 4 nitrogen and oxygen atoms in total. The number of hydrogen-bond donors (Lipinski definition) is 0. The van der Waals surface area contributed by atoms with Crippen molar-refractivity contribution in [2.75, 3.05) is 23.9 Å². The van der Waals surface area contributed by atoms with Crippen molar-refractivity contribution in [3.8, 4) is 11.5 Å². The standard InChI is InChI=1S/C17H16N2O2/c1-18-12-7-3-5-9-14(12)20-16(18)11-17-19(2)13-8-4-6-10-15(13)21-17/h3-11,16H,1-2H3/b17-11-. The quantitative estimate of drug-likeness (QED) is 0.801. The van der Waals surface area contributed by atoms with Crippen molar-refractivity contribution in [3.05, 3.63) is 60.5 Å². The van der Waals surface area contributed by atoms with Gasteiger partial charge in [-0.2, -0.15) is 0 Å². The van der Waals surface area contributed by atoms with Crippen LogP contribution in [0.4, 0.5) is 11.4 Å². The molecule has 4 heteroatoms. The fourth-order valence-electron chi connectivity index (χ4n) is 2.73. The monoisotopic (exact) mass is 280 g/mol. The molecule has 2 aromatic carbocycles. The first-order valence-corrected chi connectivity index (χ1v) is 6.95. The van der Waals surface area contributed by atoms with Gasteiger partial charge in [0.15, 0.2) is 12.0 Å². The Kier molecular flexibility index (Phi) is 2.57. The summed E-state index contributed by atoms with van der Waals surface area (Å²) in [5.41, 5.74) is 2.17. The third kappa shape index (κ3) is 1.83. The first-order valence-electron chi connectivity index (χ1n) is 6.95. The summed E-state index contributed by atoms with van der Waals surface area (Å²) < 4.78 is 11.9. The van der Waals surface area contributed by atoms with Gasteiger partial charge in [-0.05, 0) is 24.3 Å². The first-order chi connectivity index (χ1) is 10.2. The number of anilines is 2. The zero-order valence-corrected chi connectivity index (χ0v) is 12.0. The van der Waals surface area contributed by atoms with Crippen LogP contribution in [-0.4, -0.2) is 20.3 Å². The van der Waals surface area contributed by atoms with Crippen molar-refractivity contribution >= 4 is 11.4 Å². The molecular weight excluding hydrogens is 264 g/mol. The van der Waals surface area contributed by atoms with Crippen molar-refractivity contribution in [2.24, 2.45) is 0 Å². The van der Waals surface area contributed by atoms with Gasteiger partial charge in [-0.25, -0.2) is 0 Å². The van der Waals surface area contributed by atoms with E-state index in [9.17, 15) is 0 Å². The molecule has 1 atom stereocenters. The van der Waals surface area contributed by atoms with E-state index >= 15 is 0 Å². The highest BCUT2D eigenvalue weighted by molar-refractivity contribution is 5.67. The molecule has 1 unspecified atom stereocenters. The lowest BCUT2D eigenvalue weighted by atomic mass is 10.3. The summed E-state index contributed by atoms with van der Waals surface area (Å²) >= 11 is 0. The van der Waals surface area contributed by atoms with E-state index in [1.54, 1.807) is 0 Å². The second-order valence-electron chi connectivity index (χ2n) is 5.22. The number of likely N-dealkylation sites (N-methyl/N-ethyl adjacent to an activating group) is 1. The summed E-state index contributed by atoms with van der Waals surface area (Å²) in [6, 6.07) is 16.0. The van der Waals surface area contributed by atoms with Crippen LogP contribution in [0.25, 0.3) is 0 Å². The minimum Gasteiger partial charge on any atom is -0.465 e. The molecule has 0 saturated carbocycles. The summed E-state index contributed by atoms with van der Waals surface area (Å²) in [5, 5.41) is 0. The Morgan fingerprint density at radius 1 is 0.905 bits per heavy atom. The molecule has 0 N–H and O–H groups in total. The van der Waals surface area contributed by atoms with Gasteiger partial charge >= 0.3 is 0 Å². The molecule has 0 aromatic heterocycles. The Hall–Kier alpha value is -2.62. The molecule has 2 heterocycles. The summed E-state index contributed by atoms with van der Waals surface area (Å²) in [4.78, 5) is 4.14. The Morgan fingerprint density at radius 3 is 2.29 bits per heavy atom. The van der Waals surface area contributed by atoms with E-state index in [2.05, 4.69) is 11.0 Å². The van der Waals surface area contributed by atoms with Crippen LogP contribution in [0.1, 0.15) is 0 Å². The zero-order chi connectivity index (χ0) is 14.4. The predicted octanol–water partition coefficient (Wildman–Crippen LogP) is 3.21. The number of benzene rings is 2. The van der Waals surface area contributed by atoms with Crippen LogP contribution < -0.4 is 19.3 Å². The predicted molar refractivity (Wildman–Crippen MR) is 82.8 cm³/mol. The van der Waals surface area contributed by atoms with Gasteiger partial charge in [-0.1, -0.05) is 24.3 Å². The Balaban J connectivity index is 1.64. The summed E-state index contributed by atoms with van der Waals surface area (Å²) in [7, 11) is 4.02. The van der Waals surface area contributed by atoms with Crippen molar-refractivity contribution in [2.45, 2.75) is 6.23 Å². The van der Waals surface area contributed by atoms with E-state index in [4.69, 9.17) is 9.47 Å². The van der Waals surface area contributed by atoms with Gasteiger partial charge in [0.25, 0.3) is 0 Å². The van der Waals surface area contributed by atoms with E-state index in [-0.39, 0.29) is 6.23 Å². The topological polar surface area (TPSA) is 24.9 Å². The van der Waals surface area contributed by atoms with Crippen LogP contribution >= 0.6 is 0 Å². The van der Waals surface area contributed by atoms with Gasteiger partial charge in [0.05, 0.1) is 11.4 Å². The normalized spacial score (nSPS) is 21.0. The molecule has 106 valence electrons. The van der Waals surface area contributed by atoms with Gasteiger partial charge in [-0.3, -0.25) is 0 Å². The Labute approximate surface area is 123 Å². The first kappa shape index (κ1) is 12.1. The average molecular weight is 280 g/mol. The van der Waals surface area contributed by atoms with Gasteiger partial charge in [0.2, 0.25) is 5.88 Å². The maximum atomic E-state index is 5.97. The number of para-hydroxylation sites is 4. The molecule has 0 saturated heterocycles. The average Bonchev–Trinajstić information content (AvgIpc) is 2.99. The van der Waals surface area contributed by atoms with Crippen molar-refractivity contribution < 1.29 is 9.47 Å². The van der Waals surface area contributed by atoms with E-state index < -0.39 is 0 Å². The van der Waals surface area contributed by atoms with Gasteiger partial charge in [-0.15, -0.1) is 0 Å². The molecule has 0 fully saturated rings. The molecule has 0 spiro atoms. The van der Waals surface area contributed by atoms with E-state index in [1.165, 1.54) is 0 Å². The lowest BCUT2D eigenvalue weighted by molar-refractivity contribution is 0.272. The fraction of sp³-hybridized carbons (Fsp3) is 0.176. The maximum absolute atomic E-state index is 5.97. The van der Waals surface area contributed by atoms with E-state index in [1.807, 2.05) is 67.5 Å². The molecule has 2 aliphatic heterocycles. The number of nitrogens with zero attached hydrogens (tertiary/aromatic N) is 2. The SMILES string of the molecule is CN1/C(=C/C2Oc3ccccc3N2C)Oc2ccccc21. The van der Waals surface area contributed by atoms with Crippen molar-refractivity contribution in [3.63, 3.8) is 0 Å². The van der Waals surface area contributed by atoms with Gasteiger partial charge in [0.1, 0.15) is 5.75 Å². The lowest BCUT2D eigenvalue weighted by Gasteiger charge is -2.19. The second-order valence-corrected chi connectivity index (χ2v) is 5.22. The van der Waals surface area contributed by atoms with Crippen molar-refractivity contribution in [1.82, 2.24) is 0 Å². The van der Waals surface area contributed by atoms with Crippen LogP contribution in [0, 0.1) is 0 Å². The number of ether oxygens (including phenoxy) is 2. The highest BCUT2D eigenvalue weighted by atomic mass is 16.5. The smallest absolute Gasteiger partial charge is 0.202 e. The molecule has 21 heavy (non-hydrogen) atoms. The van der Waals surface area contributed by atoms with E-state index in [0.29, 0.717) is 0 Å². The van der Waals surface area contributed by atoms with Crippen LogP contribution in [0.15, 0.2) is 60.5 Å². The highest BCUT2D eigenvalue weighted by Crippen LogP contribution is 2.40. The van der Waals surface area contributed by atoms with Crippen LogP contribution in [0.3, 0.4) is 0 Å². The van der Waals surface area contributed by atoms with Gasteiger partial charge < -0.3 is 19.3 Å². The minimum absolute atomic E-state index is 0.158. The van der Waals surface area contributed by atoms with Crippen LogP contribution in [0.2, 0.25) is 0 Å². The molecule has 0 aliphatic carbocycles. The highest BCUT2D eigenvalue weighted by Gasteiger charge is 2.30. The zero-order valence-electron chi connectivity index (χ0n) is 12.0. The second kappa shape index (κ2) is 4.45. The molecule has 0 amide bonds. The number of rotatable bonds is 1. The molecule has 4 rings (SSSR count). The third-order valence-electron chi connectivity index (χ3n) is 3.93. The number of hydrogen-bond acceptors (Lipinski definition) is 4. The van der Waals surface area contributed by atoms with Gasteiger partial charge in [0, 0.05) is 20.2 Å². The summed E-state index contributed by atoms with van der Waals surface area (Å²) in [6.45, 7) is 0. The summed E-state index contributed by atoms with van der Waals surface area (Å²) in [5.74, 6) is 2.57. The van der Waals surface area contributed by atoms with E-state index in [0.717, 1.165) is 28.8 Å². The third-order valence-corrected chi connectivity index (χ3v) is 3.93. The fourth-order valence-corrected chi connectivity index (χ4v) is 2.73. The molecule has 2 aromatic rings. The van der Waals surface area contributed by atoms with Crippen molar-refractivity contribution in [1.29, 1.82) is 0 Å². The summed E-state index contributed by atoms with van der Waals surface area (Å²) in [6.07, 6.45) is 1.84. The van der Waals surface area contributed by atoms with Crippen LogP contribution in [0.5, 0.6) is 11.5 Å². The maximum Gasteiger partial charge on any atom is 0.202 e. The lowest BCUT2D eigenvalue weighted by Crippen LogP contribution is -2.30. The number of fused-ring (bicyclic) bond motifs is 2. The molecule has 0 bridgehead atoms.